The second-order valence-electron chi connectivity index (χ2n) is 6.87. The van der Waals surface area contributed by atoms with E-state index in [1.54, 1.807) is 0 Å². The van der Waals surface area contributed by atoms with Crippen LogP contribution in [-0.2, 0) is 9.59 Å². The van der Waals surface area contributed by atoms with Crippen molar-refractivity contribution in [3.05, 3.63) is 0 Å². The zero-order chi connectivity index (χ0) is 13.7. The number of aliphatic carboxylic acids is 1. The van der Waals surface area contributed by atoms with Crippen molar-refractivity contribution in [3.63, 3.8) is 0 Å². The number of amides is 1. The van der Waals surface area contributed by atoms with Gasteiger partial charge in [0.25, 0.3) is 0 Å². The number of carbonyl (C=O) groups excluding carboxylic acids is 1. The van der Waals surface area contributed by atoms with Gasteiger partial charge in [-0.2, -0.15) is 0 Å². The Labute approximate surface area is 107 Å². The van der Waals surface area contributed by atoms with E-state index < -0.39 is 18.1 Å². The number of hydrogen-bond acceptors (Lipinski definition) is 3. The van der Waals surface area contributed by atoms with E-state index in [9.17, 15) is 14.7 Å². The lowest BCUT2D eigenvalue weighted by atomic mass is 9.86. The van der Waals surface area contributed by atoms with Gasteiger partial charge in [0.1, 0.15) is 6.04 Å². The lowest BCUT2D eigenvalue weighted by molar-refractivity contribution is -0.149. The minimum atomic E-state index is -0.909. The van der Waals surface area contributed by atoms with Crippen molar-refractivity contribution in [2.75, 3.05) is 6.54 Å². The van der Waals surface area contributed by atoms with Gasteiger partial charge in [-0.1, -0.05) is 20.8 Å². The number of nitrogens with zero attached hydrogens (tertiary/aromatic N) is 1. The highest BCUT2D eigenvalue weighted by atomic mass is 16.4. The van der Waals surface area contributed by atoms with E-state index in [2.05, 4.69) is 0 Å². The Kier molecular flexibility index (Phi) is 2.93. The Morgan fingerprint density at radius 2 is 1.94 bits per heavy atom. The van der Waals surface area contributed by atoms with Crippen molar-refractivity contribution >= 4 is 11.9 Å². The van der Waals surface area contributed by atoms with E-state index in [0.717, 1.165) is 12.8 Å². The molecule has 5 heteroatoms. The summed E-state index contributed by atoms with van der Waals surface area (Å²) in [5, 5.41) is 9.24. The van der Waals surface area contributed by atoms with Crippen molar-refractivity contribution in [2.24, 2.45) is 16.6 Å². The number of rotatable bonds is 2. The minimum absolute atomic E-state index is 0.0797. The number of carbonyl (C=O) groups is 2. The van der Waals surface area contributed by atoms with Crippen LogP contribution in [0.1, 0.15) is 40.0 Å². The smallest absolute Gasteiger partial charge is 0.326 e. The van der Waals surface area contributed by atoms with Crippen molar-refractivity contribution in [1.82, 2.24) is 4.90 Å². The summed E-state index contributed by atoms with van der Waals surface area (Å²) in [4.78, 5) is 25.1. The fourth-order valence-electron chi connectivity index (χ4n) is 2.60. The summed E-state index contributed by atoms with van der Waals surface area (Å²) in [6, 6.07) is -1.33. The average Bonchev–Trinajstić information content (AvgIpc) is 2.86. The number of carboxylic acids is 1. The molecule has 1 aliphatic carbocycles. The van der Waals surface area contributed by atoms with Crippen LogP contribution in [0.2, 0.25) is 0 Å². The van der Waals surface area contributed by atoms with Crippen LogP contribution >= 0.6 is 0 Å². The summed E-state index contributed by atoms with van der Waals surface area (Å²) >= 11 is 0. The lowest BCUT2D eigenvalue weighted by Crippen LogP contribution is -2.53. The zero-order valence-corrected chi connectivity index (χ0v) is 11.3. The molecule has 2 atom stereocenters. The van der Waals surface area contributed by atoms with Crippen LogP contribution in [0.25, 0.3) is 0 Å². The molecule has 0 unspecified atom stereocenters. The highest BCUT2D eigenvalue weighted by Crippen LogP contribution is 2.55. The number of carboxylic acid groups (broad SMARTS) is 1. The molecule has 5 nitrogen and oxygen atoms in total. The highest BCUT2D eigenvalue weighted by molar-refractivity contribution is 5.88. The Bertz CT molecular complexity index is 382. The molecule has 0 bridgehead atoms. The second kappa shape index (κ2) is 3.95. The van der Waals surface area contributed by atoms with Crippen molar-refractivity contribution < 1.29 is 14.7 Å². The molecule has 1 amide bonds. The molecule has 1 saturated heterocycles. The molecule has 0 aromatic carbocycles. The van der Waals surface area contributed by atoms with Crippen LogP contribution < -0.4 is 5.73 Å². The summed E-state index contributed by atoms with van der Waals surface area (Å²) in [5.41, 5.74) is 5.69. The van der Waals surface area contributed by atoms with E-state index in [0.29, 0.717) is 13.0 Å². The quantitative estimate of drug-likeness (QED) is 0.764. The van der Waals surface area contributed by atoms with E-state index in [4.69, 9.17) is 5.73 Å². The van der Waals surface area contributed by atoms with Crippen LogP contribution in [-0.4, -0.2) is 40.5 Å². The van der Waals surface area contributed by atoms with Gasteiger partial charge in [0.15, 0.2) is 0 Å². The molecule has 1 aliphatic heterocycles. The first-order chi connectivity index (χ1) is 8.16. The van der Waals surface area contributed by atoms with Crippen LogP contribution in [0.5, 0.6) is 0 Å². The second-order valence-corrected chi connectivity index (χ2v) is 6.87. The van der Waals surface area contributed by atoms with E-state index in [1.165, 1.54) is 4.90 Å². The maximum atomic E-state index is 12.4. The number of hydrogen-bond donors (Lipinski definition) is 2. The van der Waals surface area contributed by atoms with Gasteiger partial charge in [-0.25, -0.2) is 4.79 Å². The minimum Gasteiger partial charge on any atom is -0.480 e. The molecule has 2 fully saturated rings. The molecule has 1 heterocycles. The predicted molar refractivity (Wildman–Crippen MR) is 66.9 cm³/mol. The molecule has 2 aliphatic rings. The predicted octanol–water partition coefficient (Wildman–Crippen LogP) is 0.825. The molecule has 0 aromatic heterocycles. The Hall–Kier alpha value is -1.10. The fraction of sp³-hybridized carbons (Fsp3) is 0.846. The summed E-state index contributed by atoms with van der Waals surface area (Å²) in [7, 11) is 0. The van der Waals surface area contributed by atoms with Crippen LogP contribution in [0.3, 0.4) is 0 Å². The first-order valence-corrected chi connectivity index (χ1v) is 6.45. The first kappa shape index (κ1) is 13.3. The molecule has 1 saturated carbocycles. The molecular weight excluding hydrogens is 232 g/mol. The number of nitrogens with two attached hydrogens (primary N) is 1. The summed E-state index contributed by atoms with van der Waals surface area (Å²) in [5.74, 6) is -1.13. The molecule has 102 valence electrons. The third kappa shape index (κ3) is 2.23. The molecule has 1 spiro atoms. The largest absolute Gasteiger partial charge is 0.480 e. The molecule has 18 heavy (non-hydrogen) atoms. The van der Waals surface area contributed by atoms with Gasteiger partial charge in [-0.05, 0) is 30.1 Å². The van der Waals surface area contributed by atoms with Gasteiger partial charge in [0.2, 0.25) is 5.91 Å². The highest BCUT2D eigenvalue weighted by Gasteiger charge is 2.56. The molecule has 2 rings (SSSR count). The third-order valence-electron chi connectivity index (χ3n) is 4.23. The van der Waals surface area contributed by atoms with E-state index in [1.807, 2.05) is 20.8 Å². The molecule has 0 radical (unpaired) electrons. The molecule has 0 aromatic rings. The van der Waals surface area contributed by atoms with E-state index in [-0.39, 0.29) is 16.7 Å². The summed E-state index contributed by atoms with van der Waals surface area (Å²) in [6.07, 6.45) is 2.65. The Morgan fingerprint density at radius 1 is 1.39 bits per heavy atom. The van der Waals surface area contributed by atoms with Crippen LogP contribution in [0.4, 0.5) is 0 Å². The first-order valence-electron chi connectivity index (χ1n) is 6.45. The lowest BCUT2D eigenvalue weighted by Gasteiger charge is -2.31. The Morgan fingerprint density at radius 3 is 2.33 bits per heavy atom. The third-order valence-corrected chi connectivity index (χ3v) is 4.23. The van der Waals surface area contributed by atoms with Crippen molar-refractivity contribution in [2.45, 2.75) is 52.1 Å². The topological polar surface area (TPSA) is 83.6 Å². The maximum absolute atomic E-state index is 12.4. The molecular formula is C13H22N2O3. The monoisotopic (exact) mass is 254 g/mol. The van der Waals surface area contributed by atoms with Gasteiger partial charge in [-0.15, -0.1) is 0 Å². The van der Waals surface area contributed by atoms with Gasteiger partial charge in [0, 0.05) is 6.54 Å². The standard InChI is InChI=1S/C13H22N2O3/c1-12(2,3)9(14)10(16)15-7-13(4-5-13)6-8(15)11(17)18/h8-9H,4-7,14H2,1-3H3,(H,17,18)/t8-,9+/m0/s1. The van der Waals surface area contributed by atoms with Crippen molar-refractivity contribution in [1.29, 1.82) is 0 Å². The van der Waals surface area contributed by atoms with Crippen LogP contribution in [0.15, 0.2) is 0 Å². The SMILES string of the molecule is CC(C)(C)[C@H](N)C(=O)N1CC2(CC2)C[C@H]1C(=O)O. The molecule has 3 N–H and O–H groups in total. The zero-order valence-electron chi connectivity index (χ0n) is 11.3. The fourth-order valence-corrected chi connectivity index (χ4v) is 2.60. The van der Waals surface area contributed by atoms with Gasteiger partial charge < -0.3 is 15.7 Å². The van der Waals surface area contributed by atoms with Gasteiger partial charge >= 0.3 is 5.97 Å². The van der Waals surface area contributed by atoms with Crippen molar-refractivity contribution in [3.8, 4) is 0 Å². The maximum Gasteiger partial charge on any atom is 0.326 e. The van der Waals surface area contributed by atoms with Gasteiger partial charge in [0.05, 0.1) is 6.04 Å². The normalized spacial score (nSPS) is 27.3. The van der Waals surface area contributed by atoms with Crippen LogP contribution in [0, 0.1) is 10.8 Å². The van der Waals surface area contributed by atoms with Gasteiger partial charge in [-0.3, -0.25) is 4.79 Å². The summed E-state index contributed by atoms with van der Waals surface area (Å²) < 4.78 is 0. The summed E-state index contributed by atoms with van der Waals surface area (Å²) in [6.45, 7) is 6.25. The Balaban J connectivity index is 2.16. The number of likely N-dealkylation sites (tertiary alicyclic amines) is 1. The average molecular weight is 254 g/mol. The van der Waals surface area contributed by atoms with E-state index >= 15 is 0 Å².